The van der Waals surface area contributed by atoms with Crippen molar-refractivity contribution in [1.82, 2.24) is 40.3 Å². The fraction of sp³-hybridized carbons (Fsp3) is 0.510. The minimum absolute atomic E-state index is 0.0383. The van der Waals surface area contributed by atoms with E-state index in [2.05, 4.69) is 47.7 Å². The molecule has 3 atom stereocenters. The van der Waals surface area contributed by atoms with Crippen molar-refractivity contribution in [2.24, 2.45) is 11.8 Å². The van der Waals surface area contributed by atoms with Gasteiger partial charge >= 0.3 is 0 Å². The summed E-state index contributed by atoms with van der Waals surface area (Å²) in [5.74, 6) is 0.0824. The minimum Gasteiger partial charge on any atom is -0.495 e. The second-order valence-electron chi connectivity index (χ2n) is 19.6. The number of methoxy groups -OCH3 is 1. The number of allylic oxidation sites excluding steroid dienone is 1. The standard InChI is InChI=1S/C51H64ClFN10O6S2/c1-30-42(70-29-57-30)35-13-7-32(8-14-35)25-55-45(65)40-24-37(64)28-63(40)47(67)43(59-48(68)51(53)17-18-51)50(3,4)71-31(2)34-11-9-33(10-12-34)27-61-19-21-62(22-20-61)46(66)36-15-16-39(41(23-36)69-6)58-49-56-26-38(52)44(54-5)60-49/h7-8,13-16,23,26,29,33-34,37,40,43,64H,2,9-12,17-22,24-25,27-28H2,1,3-6H3,(H,55,65)(H,59,68)(H2,54,56,58,60)/t33?,34?,37-,40?,43-/m1/s1. The molecule has 8 rings (SSSR count). The van der Waals surface area contributed by atoms with Gasteiger partial charge in [-0.3, -0.25) is 24.1 Å². The Morgan fingerprint density at radius 1 is 1.06 bits per heavy atom. The number of benzene rings is 2. The van der Waals surface area contributed by atoms with Crippen LogP contribution in [0.5, 0.6) is 5.75 Å². The van der Waals surface area contributed by atoms with Crippen LogP contribution >= 0.6 is 34.7 Å². The third kappa shape index (κ3) is 12.3. The molecule has 1 unspecified atom stereocenters. The highest BCUT2D eigenvalue weighted by Crippen LogP contribution is 2.45. The molecule has 4 aromatic rings. The second kappa shape index (κ2) is 22.2. The van der Waals surface area contributed by atoms with Gasteiger partial charge in [0.05, 0.1) is 41.2 Å². The zero-order valence-corrected chi connectivity index (χ0v) is 43.3. The van der Waals surface area contributed by atoms with Crippen molar-refractivity contribution in [2.45, 2.75) is 101 Å². The minimum atomic E-state index is -2.03. The first-order chi connectivity index (χ1) is 33.9. The van der Waals surface area contributed by atoms with Crippen LogP contribution in [0.25, 0.3) is 10.4 Å². The van der Waals surface area contributed by atoms with Crippen molar-refractivity contribution in [3.8, 4) is 16.2 Å². The van der Waals surface area contributed by atoms with E-state index in [1.54, 1.807) is 49.2 Å². The molecule has 2 saturated carbocycles. The summed E-state index contributed by atoms with van der Waals surface area (Å²) in [7, 11) is 3.27. The third-order valence-electron chi connectivity index (χ3n) is 14.2. The van der Waals surface area contributed by atoms with Crippen molar-refractivity contribution < 1.29 is 33.4 Å². The van der Waals surface area contributed by atoms with Crippen LogP contribution in [0.1, 0.15) is 80.4 Å². The largest absolute Gasteiger partial charge is 0.495 e. The van der Waals surface area contributed by atoms with Gasteiger partial charge in [0.25, 0.3) is 11.8 Å². The van der Waals surface area contributed by atoms with Crippen molar-refractivity contribution in [3.05, 3.63) is 87.5 Å². The molecule has 380 valence electrons. The van der Waals surface area contributed by atoms with E-state index in [0.717, 1.165) is 71.9 Å². The van der Waals surface area contributed by atoms with Crippen LogP contribution < -0.4 is 26.0 Å². The van der Waals surface area contributed by atoms with Crippen molar-refractivity contribution in [3.63, 3.8) is 0 Å². The Morgan fingerprint density at radius 3 is 2.42 bits per heavy atom. The molecule has 4 fully saturated rings. The number of thioether (sulfide) groups is 1. The molecular weight excluding hydrogens is 967 g/mol. The molecule has 4 heterocycles. The number of rotatable bonds is 18. The number of aromatic nitrogens is 3. The number of aliphatic hydroxyl groups excluding tert-OH is 1. The second-order valence-corrected chi connectivity index (χ2v) is 22.7. The maximum absolute atomic E-state index is 15.2. The van der Waals surface area contributed by atoms with Gasteiger partial charge in [-0.1, -0.05) is 42.4 Å². The quantitative estimate of drug-likeness (QED) is 0.0672. The molecule has 0 radical (unpaired) electrons. The summed E-state index contributed by atoms with van der Waals surface area (Å²) >= 11 is 9.12. The first kappa shape index (κ1) is 52.0. The average molecular weight is 1030 g/mol. The van der Waals surface area contributed by atoms with E-state index in [0.29, 0.717) is 52.8 Å². The van der Waals surface area contributed by atoms with E-state index in [4.69, 9.17) is 16.3 Å². The fourth-order valence-corrected chi connectivity index (χ4v) is 12.1. The molecule has 16 nitrogen and oxygen atoms in total. The van der Waals surface area contributed by atoms with E-state index in [1.807, 2.05) is 49.9 Å². The molecule has 5 N–H and O–H groups in total. The number of aliphatic hydroxyl groups is 1. The topological polar surface area (TPSA) is 194 Å². The van der Waals surface area contributed by atoms with Gasteiger partial charge in [0, 0.05) is 69.6 Å². The molecule has 4 amide bonds. The van der Waals surface area contributed by atoms with Gasteiger partial charge in [0.2, 0.25) is 17.8 Å². The van der Waals surface area contributed by atoms with E-state index in [1.165, 1.54) is 22.9 Å². The summed E-state index contributed by atoms with van der Waals surface area (Å²) in [6, 6.07) is 10.9. The Morgan fingerprint density at radius 2 is 1.77 bits per heavy atom. The zero-order chi connectivity index (χ0) is 50.6. The number of amides is 4. The van der Waals surface area contributed by atoms with Crippen LogP contribution in [0.4, 0.5) is 21.8 Å². The predicted octanol–water partition coefficient (Wildman–Crippen LogP) is 7.21. The number of nitrogens with one attached hydrogen (secondary N) is 4. The highest BCUT2D eigenvalue weighted by Gasteiger charge is 2.54. The number of carbonyl (C=O) groups excluding carboxylic acids is 4. The molecule has 2 aromatic carbocycles. The number of carbonyl (C=O) groups is 4. The first-order valence-corrected chi connectivity index (χ1v) is 26.3. The van der Waals surface area contributed by atoms with Gasteiger partial charge < -0.3 is 40.9 Å². The molecule has 2 aromatic heterocycles. The van der Waals surface area contributed by atoms with E-state index < -0.39 is 46.3 Å². The summed E-state index contributed by atoms with van der Waals surface area (Å²) in [6.07, 6.45) is 4.55. The number of thiazole rings is 1. The van der Waals surface area contributed by atoms with Gasteiger partial charge in [-0.15, -0.1) is 23.1 Å². The van der Waals surface area contributed by atoms with Gasteiger partial charge in [0.1, 0.15) is 28.7 Å². The Hall–Kier alpha value is -5.34. The lowest BCUT2D eigenvalue weighted by molar-refractivity contribution is -0.143. The van der Waals surface area contributed by atoms with Crippen LogP contribution in [0.3, 0.4) is 0 Å². The summed E-state index contributed by atoms with van der Waals surface area (Å²) in [6.45, 7) is 13.9. The van der Waals surface area contributed by atoms with Crippen LogP contribution in [0.2, 0.25) is 5.02 Å². The number of ether oxygens (including phenoxy) is 1. The van der Waals surface area contributed by atoms with Crippen LogP contribution in [0.15, 0.2) is 65.7 Å². The molecule has 20 heteroatoms. The number of aryl methyl sites for hydroxylation is 1. The van der Waals surface area contributed by atoms with Crippen LogP contribution in [-0.4, -0.2) is 140 Å². The van der Waals surface area contributed by atoms with Gasteiger partial charge in [0.15, 0.2) is 5.67 Å². The van der Waals surface area contributed by atoms with Crippen molar-refractivity contribution in [2.75, 3.05) is 64.1 Å². The monoisotopic (exact) mass is 1030 g/mol. The maximum Gasteiger partial charge on any atom is 0.258 e. The van der Waals surface area contributed by atoms with E-state index >= 15 is 4.39 Å². The van der Waals surface area contributed by atoms with E-state index in [-0.39, 0.29) is 44.2 Å². The van der Waals surface area contributed by atoms with E-state index in [9.17, 15) is 24.3 Å². The number of anilines is 3. The number of hydrogen-bond acceptors (Lipinski definition) is 14. The lowest BCUT2D eigenvalue weighted by Gasteiger charge is -2.40. The molecule has 2 saturated heterocycles. The molecule has 4 aliphatic rings. The molecule has 71 heavy (non-hydrogen) atoms. The fourth-order valence-electron chi connectivity index (χ4n) is 9.74. The highest BCUT2D eigenvalue weighted by atomic mass is 35.5. The van der Waals surface area contributed by atoms with Gasteiger partial charge in [-0.25, -0.2) is 14.4 Å². The molecule has 2 aliphatic carbocycles. The normalized spacial score (nSPS) is 21.5. The third-order valence-corrected chi connectivity index (χ3v) is 16.8. The van der Waals surface area contributed by atoms with Gasteiger partial charge in [-0.05, 0) is 105 Å². The summed E-state index contributed by atoms with van der Waals surface area (Å²) in [4.78, 5) is 75.9. The number of likely N-dealkylation sites (tertiary alicyclic amines) is 1. The van der Waals surface area contributed by atoms with Gasteiger partial charge in [-0.2, -0.15) is 4.98 Å². The summed E-state index contributed by atoms with van der Waals surface area (Å²) < 4.78 is 19.9. The first-order valence-electron chi connectivity index (χ1n) is 24.3. The van der Waals surface area contributed by atoms with Crippen LogP contribution in [-0.2, 0) is 20.9 Å². The summed E-state index contributed by atoms with van der Waals surface area (Å²) in [5, 5.41) is 23.0. The smallest absolute Gasteiger partial charge is 0.258 e. The molecule has 2 aliphatic heterocycles. The lowest BCUT2D eigenvalue weighted by atomic mass is 9.81. The number of alkyl halides is 1. The Bertz CT molecular complexity index is 2600. The zero-order valence-electron chi connectivity index (χ0n) is 40.9. The Labute approximate surface area is 427 Å². The highest BCUT2D eigenvalue weighted by molar-refractivity contribution is 8.04. The summed E-state index contributed by atoms with van der Waals surface area (Å²) in [5.41, 5.74) is 3.77. The number of piperazine rings is 1. The number of β-amino-alcohol motifs (C(OH)–C–C–N with tert-alkyl or cyclic N) is 1. The number of hydrogen-bond donors (Lipinski definition) is 5. The number of halogens is 2. The SMILES string of the molecule is C=C(SC(C)(C)[C@H](NC(=O)C1(F)CC1)C(=O)N1C[C@H](O)CC1C(=O)NCc1ccc(-c2scnc2C)cc1)C1CCC(CN2CCN(C(=O)c3ccc(Nc4ncc(Cl)c(NC)n4)c(OC)c3)CC2)CC1. The predicted molar refractivity (Wildman–Crippen MR) is 277 cm³/mol. The number of nitrogens with zero attached hydrogens (tertiary/aromatic N) is 6. The van der Waals surface area contributed by atoms with Crippen molar-refractivity contribution >= 4 is 75.8 Å². The molecule has 0 bridgehead atoms. The molecule has 0 spiro atoms. The maximum atomic E-state index is 15.2. The van der Waals surface area contributed by atoms with Crippen molar-refractivity contribution in [1.29, 1.82) is 0 Å². The average Bonchev–Trinajstić information content (AvgIpc) is 3.78. The molecular formula is C51H64ClFN10O6S2. The lowest BCUT2D eigenvalue weighted by Crippen LogP contribution is -2.61. The Kier molecular flexibility index (Phi) is 16.3. The van der Waals surface area contributed by atoms with Crippen LogP contribution in [0, 0.1) is 18.8 Å². The Balaban J connectivity index is 0.824.